The molecule has 0 saturated carbocycles. The van der Waals surface area contributed by atoms with Crippen molar-refractivity contribution >= 4 is 46.6 Å². The van der Waals surface area contributed by atoms with Crippen molar-refractivity contribution in [2.24, 2.45) is 5.73 Å². The summed E-state index contributed by atoms with van der Waals surface area (Å²) in [4.78, 5) is 7.60. The van der Waals surface area contributed by atoms with Gasteiger partial charge in [0.1, 0.15) is 5.82 Å². The fraction of sp³-hybridized carbons (Fsp3) is 0.0833. The van der Waals surface area contributed by atoms with Gasteiger partial charge in [-0.1, -0.05) is 24.3 Å². The highest BCUT2D eigenvalue weighted by molar-refractivity contribution is 5.95. The molecule has 0 aliphatic carbocycles. The standard InChI is InChI=1S/C12H11N3.2ClH/c13-7-12-14-10-5-8-3-1-2-4-9(8)6-11(10)15-12;;/h1-6H,7,13H2,(H,14,15);2*1H. The molecule has 0 radical (unpaired) electrons. The number of aromatic nitrogens is 2. The molecule has 3 rings (SSSR count). The number of hydrogen-bond acceptors (Lipinski definition) is 2. The Morgan fingerprint density at radius 3 is 2.35 bits per heavy atom. The number of nitrogens with two attached hydrogens (primary N) is 1. The maximum absolute atomic E-state index is 5.55. The Morgan fingerprint density at radius 1 is 1.06 bits per heavy atom. The number of rotatable bonds is 1. The average Bonchev–Trinajstić information content (AvgIpc) is 2.67. The summed E-state index contributed by atoms with van der Waals surface area (Å²) < 4.78 is 0. The van der Waals surface area contributed by atoms with E-state index in [1.54, 1.807) is 0 Å². The molecule has 1 heterocycles. The lowest BCUT2D eigenvalue weighted by atomic mass is 10.1. The lowest BCUT2D eigenvalue weighted by Crippen LogP contribution is -1.97. The summed E-state index contributed by atoms with van der Waals surface area (Å²) in [6.45, 7) is 0.449. The van der Waals surface area contributed by atoms with Crippen molar-refractivity contribution in [1.29, 1.82) is 0 Å². The molecule has 0 atom stereocenters. The van der Waals surface area contributed by atoms with Crippen LogP contribution in [0.5, 0.6) is 0 Å². The van der Waals surface area contributed by atoms with E-state index >= 15 is 0 Å². The summed E-state index contributed by atoms with van der Waals surface area (Å²) in [5, 5.41) is 2.43. The smallest absolute Gasteiger partial charge is 0.121 e. The number of fused-ring (bicyclic) bond motifs is 2. The van der Waals surface area contributed by atoms with Gasteiger partial charge in [0.25, 0.3) is 0 Å². The third-order valence-corrected chi connectivity index (χ3v) is 2.59. The molecular formula is C12H13Cl2N3. The van der Waals surface area contributed by atoms with E-state index in [1.165, 1.54) is 10.8 Å². The first kappa shape index (κ1) is 13.8. The monoisotopic (exact) mass is 269 g/mol. The molecule has 90 valence electrons. The Kier molecular flexibility index (Phi) is 4.34. The van der Waals surface area contributed by atoms with Crippen LogP contribution in [0.15, 0.2) is 36.4 Å². The zero-order chi connectivity index (χ0) is 10.3. The number of nitrogens with zero attached hydrogens (tertiary/aromatic N) is 1. The van der Waals surface area contributed by atoms with E-state index in [0.717, 1.165) is 16.9 Å². The maximum Gasteiger partial charge on any atom is 0.121 e. The van der Waals surface area contributed by atoms with Gasteiger partial charge in [0.15, 0.2) is 0 Å². The van der Waals surface area contributed by atoms with Crippen LogP contribution in [-0.2, 0) is 6.54 Å². The van der Waals surface area contributed by atoms with Crippen LogP contribution >= 0.6 is 24.8 Å². The van der Waals surface area contributed by atoms with Crippen LogP contribution in [-0.4, -0.2) is 9.97 Å². The number of H-pyrrole nitrogens is 1. The maximum atomic E-state index is 5.55. The Hall–Kier alpha value is -1.29. The molecule has 0 aliphatic heterocycles. The second kappa shape index (κ2) is 5.36. The van der Waals surface area contributed by atoms with E-state index in [9.17, 15) is 0 Å². The Bertz CT molecular complexity index is 581. The highest BCUT2D eigenvalue weighted by Gasteiger charge is 2.02. The molecule has 0 saturated heterocycles. The number of aromatic amines is 1. The molecule has 0 aliphatic rings. The fourth-order valence-corrected chi connectivity index (χ4v) is 1.85. The van der Waals surface area contributed by atoms with E-state index in [1.807, 2.05) is 12.1 Å². The van der Waals surface area contributed by atoms with Crippen molar-refractivity contribution in [3.8, 4) is 0 Å². The van der Waals surface area contributed by atoms with Crippen molar-refractivity contribution in [3.63, 3.8) is 0 Å². The molecule has 0 amide bonds. The Balaban J connectivity index is 0.000000722. The minimum absolute atomic E-state index is 0. The first-order chi connectivity index (χ1) is 7.36. The second-order valence-electron chi connectivity index (χ2n) is 3.60. The molecule has 1 aromatic heterocycles. The number of benzene rings is 2. The Morgan fingerprint density at radius 2 is 1.71 bits per heavy atom. The number of halogens is 2. The third kappa shape index (κ3) is 2.36. The highest BCUT2D eigenvalue weighted by atomic mass is 35.5. The fourth-order valence-electron chi connectivity index (χ4n) is 1.85. The molecule has 0 fully saturated rings. The van der Waals surface area contributed by atoms with Crippen LogP contribution in [0.4, 0.5) is 0 Å². The van der Waals surface area contributed by atoms with E-state index in [0.29, 0.717) is 6.54 Å². The van der Waals surface area contributed by atoms with Crippen LogP contribution in [0.1, 0.15) is 5.82 Å². The van der Waals surface area contributed by atoms with Crippen molar-refractivity contribution in [1.82, 2.24) is 9.97 Å². The average molecular weight is 270 g/mol. The summed E-state index contributed by atoms with van der Waals surface area (Å²) >= 11 is 0. The van der Waals surface area contributed by atoms with Gasteiger partial charge in [0, 0.05) is 0 Å². The lowest BCUT2D eigenvalue weighted by Gasteiger charge is -1.95. The van der Waals surface area contributed by atoms with E-state index in [2.05, 4.69) is 34.2 Å². The normalized spacial score (nSPS) is 9.94. The lowest BCUT2D eigenvalue weighted by molar-refractivity contribution is 0.958. The molecule has 0 spiro atoms. The Labute approximate surface area is 111 Å². The van der Waals surface area contributed by atoms with Gasteiger partial charge in [0.2, 0.25) is 0 Å². The first-order valence-electron chi connectivity index (χ1n) is 4.94. The summed E-state index contributed by atoms with van der Waals surface area (Å²) in [5.74, 6) is 0.834. The van der Waals surface area contributed by atoms with E-state index in [-0.39, 0.29) is 24.8 Å². The van der Waals surface area contributed by atoms with E-state index in [4.69, 9.17) is 5.73 Å². The highest BCUT2D eigenvalue weighted by Crippen LogP contribution is 2.20. The van der Waals surface area contributed by atoms with Gasteiger partial charge in [-0.05, 0) is 22.9 Å². The topological polar surface area (TPSA) is 54.7 Å². The van der Waals surface area contributed by atoms with Crippen LogP contribution in [0, 0.1) is 0 Å². The van der Waals surface area contributed by atoms with Gasteiger partial charge in [-0.15, -0.1) is 24.8 Å². The molecular weight excluding hydrogens is 257 g/mol. The van der Waals surface area contributed by atoms with Gasteiger partial charge in [-0.2, -0.15) is 0 Å². The summed E-state index contributed by atoms with van der Waals surface area (Å²) in [6, 6.07) is 12.4. The summed E-state index contributed by atoms with van der Waals surface area (Å²) in [5.41, 5.74) is 7.58. The van der Waals surface area contributed by atoms with Gasteiger partial charge in [-0.25, -0.2) is 4.98 Å². The van der Waals surface area contributed by atoms with Crippen molar-refractivity contribution in [3.05, 3.63) is 42.2 Å². The second-order valence-corrected chi connectivity index (χ2v) is 3.60. The largest absolute Gasteiger partial charge is 0.341 e. The quantitative estimate of drug-likeness (QED) is 0.714. The predicted molar refractivity (Wildman–Crippen MR) is 76.0 cm³/mol. The molecule has 5 heteroatoms. The number of hydrogen-bond donors (Lipinski definition) is 2. The van der Waals surface area contributed by atoms with Gasteiger partial charge >= 0.3 is 0 Å². The van der Waals surface area contributed by atoms with Crippen molar-refractivity contribution < 1.29 is 0 Å². The summed E-state index contributed by atoms with van der Waals surface area (Å²) in [6.07, 6.45) is 0. The SMILES string of the molecule is Cl.Cl.NCc1nc2cc3ccccc3cc2[nH]1. The van der Waals surface area contributed by atoms with Crippen LogP contribution < -0.4 is 5.73 Å². The molecule has 3 aromatic rings. The number of imidazole rings is 1. The van der Waals surface area contributed by atoms with Crippen molar-refractivity contribution in [2.75, 3.05) is 0 Å². The van der Waals surface area contributed by atoms with Crippen LogP contribution in [0.2, 0.25) is 0 Å². The zero-order valence-electron chi connectivity index (χ0n) is 9.01. The molecule has 2 aromatic carbocycles. The third-order valence-electron chi connectivity index (χ3n) is 2.59. The minimum Gasteiger partial charge on any atom is -0.341 e. The van der Waals surface area contributed by atoms with Gasteiger partial charge in [-0.3, -0.25) is 0 Å². The van der Waals surface area contributed by atoms with Crippen LogP contribution in [0.3, 0.4) is 0 Å². The predicted octanol–water partition coefficient (Wildman–Crippen LogP) is 3.02. The molecule has 0 bridgehead atoms. The summed E-state index contributed by atoms with van der Waals surface area (Å²) in [7, 11) is 0. The van der Waals surface area contributed by atoms with Crippen molar-refractivity contribution in [2.45, 2.75) is 6.54 Å². The molecule has 3 N–H and O–H groups in total. The van der Waals surface area contributed by atoms with Gasteiger partial charge in [0.05, 0.1) is 17.6 Å². The molecule has 3 nitrogen and oxygen atoms in total. The first-order valence-corrected chi connectivity index (χ1v) is 4.94. The van der Waals surface area contributed by atoms with E-state index < -0.39 is 0 Å². The zero-order valence-corrected chi connectivity index (χ0v) is 10.6. The molecule has 0 unspecified atom stereocenters. The van der Waals surface area contributed by atoms with Crippen LogP contribution in [0.25, 0.3) is 21.8 Å². The minimum atomic E-state index is 0. The molecule has 17 heavy (non-hydrogen) atoms. The van der Waals surface area contributed by atoms with Gasteiger partial charge < -0.3 is 10.7 Å². The number of nitrogens with one attached hydrogen (secondary N) is 1.